The van der Waals surface area contributed by atoms with Gasteiger partial charge in [-0.1, -0.05) is 0 Å². The summed E-state index contributed by atoms with van der Waals surface area (Å²) in [6.45, 7) is 1.11. The van der Waals surface area contributed by atoms with E-state index in [9.17, 15) is 4.79 Å². The number of hydrogen-bond donors (Lipinski definition) is 1. The number of carbonyl (C=O) groups is 1. The molecule has 1 N–H and O–H groups in total. The van der Waals surface area contributed by atoms with E-state index in [0.29, 0.717) is 0 Å². The molecule has 34 valence electrons. The van der Waals surface area contributed by atoms with E-state index in [0.717, 1.165) is 6.92 Å². The Morgan fingerprint density at radius 2 is 2.00 bits per heavy atom. The molecule has 6 heavy (non-hydrogen) atoms. The maximum absolute atomic E-state index is 9.34. The molecule has 0 heterocycles. The van der Waals surface area contributed by atoms with E-state index >= 15 is 0 Å². The van der Waals surface area contributed by atoms with Crippen molar-refractivity contribution in [3.8, 4) is 0 Å². The summed E-state index contributed by atoms with van der Waals surface area (Å²) < 4.78 is 0. The van der Waals surface area contributed by atoms with Gasteiger partial charge in [-0.25, -0.2) is 4.79 Å². The molecule has 0 amide bonds. The summed E-state index contributed by atoms with van der Waals surface area (Å²) >= 11 is 0. The molecule has 4 heteroatoms. The summed E-state index contributed by atoms with van der Waals surface area (Å²) in [4.78, 5) is 12.5. The summed E-state index contributed by atoms with van der Waals surface area (Å²) in [5.41, 5.74) is 0. The Morgan fingerprint density at radius 3 is 2.00 bits per heavy atom. The third-order valence-electron chi connectivity index (χ3n) is 0.129. The molecule has 0 aromatic carbocycles. The van der Waals surface area contributed by atoms with E-state index in [4.69, 9.17) is 5.26 Å². The van der Waals surface area contributed by atoms with Gasteiger partial charge in [0.2, 0.25) is 0 Å². The average molecular weight is 314 g/mol. The first-order chi connectivity index (χ1) is 2.27. The zero-order chi connectivity index (χ0) is 4.28. The van der Waals surface area contributed by atoms with Gasteiger partial charge in [0.1, 0.15) is 0 Å². The Bertz CT molecular complexity index is 44.1. The van der Waals surface area contributed by atoms with Gasteiger partial charge in [-0.2, -0.15) is 5.26 Å². The second-order valence-electron chi connectivity index (χ2n) is 0.583. The Hall–Kier alpha value is 0.482. The maximum atomic E-state index is 9.34. The van der Waals surface area contributed by atoms with Gasteiger partial charge in [0.05, 0.1) is 0 Å². The Morgan fingerprint density at radius 1 is 1.83 bits per heavy atom. The van der Waals surface area contributed by atoms with E-state index in [-0.39, 0.29) is 31.1 Å². The van der Waals surface area contributed by atoms with Crippen molar-refractivity contribution in [2.75, 3.05) is 0 Å². The molecule has 0 saturated heterocycles. The summed E-state index contributed by atoms with van der Waals surface area (Å²) in [5, 5.41) is 7.29. The van der Waals surface area contributed by atoms with Gasteiger partial charge in [-0.05, 0) is 0 Å². The van der Waals surface area contributed by atoms with Crippen molar-refractivity contribution in [3.63, 3.8) is 0 Å². The molecule has 0 aromatic heterocycles. The first kappa shape index (κ1) is 9.70. The van der Waals surface area contributed by atoms with E-state index < -0.39 is 5.97 Å². The molecule has 0 bridgehead atoms. The molecule has 0 rings (SSSR count). The third-order valence-corrected chi connectivity index (χ3v) is 0.129. The first-order valence-corrected chi connectivity index (χ1v) is 1.09. The van der Waals surface area contributed by atoms with Gasteiger partial charge in [0.25, 0.3) is 0 Å². The van der Waals surface area contributed by atoms with Crippen molar-refractivity contribution in [1.29, 1.82) is 0 Å². The molecule has 0 saturated carbocycles. The largest absolute Gasteiger partial charge is 0.339 e. The molecule has 0 aliphatic carbocycles. The van der Waals surface area contributed by atoms with Crippen molar-refractivity contribution in [1.82, 2.24) is 0 Å². The van der Waals surface area contributed by atoms with Crippen molar-refractivity contribution < 1.29 is 46.1 Å². The monoisotopic (exact) mass is 314 g/mol. The SMILES string of the molecule is CC(=O)OO.[U]. The molecule has 0 unspecified atom stereocenters. The minimum absolute atomic E-state index is 0. The normalized spacial score (nSPS) is 5.67. The van der Waals surface area contributed by atoms with Gasteiger partial charge in [0.15, 0.2) is 0 Å². The predicted octanol–water partition coefficient (Wildman–Crippen LogP) is 0.0225. The standard InChI is InChI=1S/C2H4O3.U/c1-2(3)5-4;/h4H,1H3;. The number of hydrogen-bond acceptors (Lipinski definition) is 3. The van der Waals surface area contributed by atoms with Crippen LogP contribution in [0, 0.1) is 31.1 Å². The fraction of sp³-hybridized carbons (Fsp3) is 0.500. The van der Waals surface area contributed by atoms with Crippen LogP contribution in [0.3, 0.4) is 0 Å². The van der Waals surface area contributed by atoms with Crippen molar-refractivity contribution in [3.05, 3.63) is 0 Å². The van der Waals surface area contributed by atoms with Gasteiger partial charge in [-0.15, -0.1) is 0 Å². The zero-order valence-electron chi connectivity index (χ0n) is 3.26. The first-order valence-electron chi connectivity index (χ1n) is 1.09. The number of carbonyl (C=O) groups excluding carboxylic acids is 1. The fourth-order valence-corrected chi connectivity index (χ4v) is 0. The van der Waals surface area contributed by atoms with Crippen LogP contribution >= 0.6 is 0 Å². The van der Waals surface area contributed by atoms with E-state index in [1.807, 2.05) is 0 Å². The summed E-state index contributed by atoms with van der Waals surface area (Å²) in [6, 6.07) is 0. The van der Waals surface area contributed by atoms with Crippen LogP contribution in [-0.4, -0.2) is 11.2 Å². The van der Waals surface area contributed by atoms with Crippen molar-refractivity contribution in [2.45, 2.75) is 6.92 Å². The van der Waals surface area contributed by atoms with E-state index in [1.165, 1.54) is 0 Å². The quantitative estimate of drug-likeness (QED) is 0.507. The van der Waals surface area contributed by atoms with Crippen molar-refractivity contribution >= 4 is 5.97 Å². The Labute approximate surface area is 59.0 Å². The summed E-state index contributed by atoms with van der Waals surface area (Å²) in [7, 11) is 0. The minimum atomic E-state index is -0.690. The topological polar surface area (TPSA) is 46.5 Å². The average Bonchev–Trinajstić information content (AvgIpc) is 1.38. The molecule has 0 aromatic rings. The van der Waals surface area contributed by atoms with Crippen molar-refractivity contribution in [2.24, 2.45) is 0 Å². The summed E-state index contributed by atoms with van der Waals surface area (Å²) in [6.07, 6.45) is 0. The van der Waals surface area contributed by atoms with Gasteiger partial charge < -0.3 is 4.89 Å². The molecular weight excluding hydrogens is 310 g/mol. The maximum Gasteiger partial charge on any atom is 0.339 e. The molecule has 0 radical (unpaired) electrons. The van der Waals surface area contributed by atoms with Crippen LogP contribution < -0.4 is 0 Å². The molecule has 0 atom stereocenters. The van der Waals surface area contributed by atoms with Crippen LogP contribution in [0.4, 0.5) is 0 Å². The van der Waals surface area contributed by atoms with Gasteiger partial charge in [0, 0.05) is 38.0 Å². The minimum Gasteiger partial charge on any atom is -0.301 e. The molecule has 0 aliphatic rings. The molecule has 0 fully saturated rings. The number of rotatable bonds is 0. The Balaban J connectivity index is 0. The van der Waals surface area contributed by atoms with Crippen LogP contribution in [0.5, 0.6) is 0 Å². The third kappa shape index (κ3) is 8.82. The molecule has 3 nitrogen and oxygen atoms in total. The second-order valence-corrected chi connectivity index (χ2v) is 0.583. The zero-order valence-corrected chi connectivity index (χ0v) is 7.43. The van der Waals surface area contributed by atoms with Gasteiger partial charge >= 0.3 is 5.97 Å². The van der Waals surface area contributed by atoms with Crippen LogP contribution in [0.15, 0.2) is 0 Å². The van der Waals surface area contributed by atoms with Gasteiger partial charge in [-0.3, -0.25) is 0 Å². The predicted molar refractivity (Wildman–Crippen MR) is 14.4 cm³/mol. The van der Waals surface area contributed by atoms with Crippen LogP contribution in [0.2, 0.25) is 0 Å². The fourth-order valence-electron chi connectivity index (χ4n) is 0. The van der Waals surface area contributed by atoms with E-state index in [1.54, 1.807) is 0 Å². The molecular formula is C2H4O3U. The molecule has 0 aliphatic heterocycles. The van der Waals surface area contributed by atoms with Crippen LogP contribution in [0.25, 0.3) is 0 Å². The molecule has 0 spiro atoms. The van der Waals surface area contributed by atoms with E-state index in [2.05, 4.69) is 4.89 Å². The smallest absolute Gasteiger partial charge is 0.301 e. The van der Waals surface area contributed by atoms with Crippen LogP contribution in [0.1, 0.15) is 6.92 Å². The Kier molecular flexibility index (Phi) is 8.86. The van der Waals surface area contributed by atoms with Crippen LogP contribution in [-0.2, 0) is 9.68 Å². The second kappa shape index (κ2) is 5.48. The summed E-state index contributed by atoms with van der Waals surface area (Å²) in [5.74, 6) is -0.690.